The number of hydrogen-bond acceptors (Lipinski definition) is 4. The summed E-state index contributed by atoms with van der Waals surface area (Å²) in [5.74, 6) is 0.922. The average molecular weight is 304 g/mol. The van der Waals surface area contributed by atoms with E-state index in [9.17, 15) is 0 Å². The SMILES string of the molecule is CCCOc1ccc(-c2csc(CNC(C)(C)C)n2)cc1. The number of nitrogens with one attached hydrogen (secondary N) is 1. The number of rotatable bonds is 6. The summed E-state index contributed by atoms with van der Waals surface area (Å²) in [6.07, 6.45) is 1.03. The molecule has 0 amide bonds. The normalized spacial score (nSPS) is 11.6. The maximum absolute atomic E-state index is 5.60. The fourth-order valence-corrected chi connectivity index (χ4v) is 2.55. The Hall–Kier alpha value is -1.39. The molecule has 0 atom stereocenters. The smallest absolute Gasteiger partial charge is 0.119 e. The van der Waals surface area contributed by atoms with Gasteiger partial charge in [-0.2, -0.15) is 0 Å². The van der Waals surface area contributed by atoms with E-state index >= 15 is 0 Å². The monoisotopic (exact) mass is 304 g/mol. The molecular weight excluding hydrogens is 280 g/mol. The van der Waals surface area contributed by atoms with Gasteiger partial charge >= 0.3 is 0 Å². The molecule has 2 rings (SSSR count). The van der Waals surface area contributed by atoms with Crippen molar-refractivity contribution in [2.75, 3.05) is 6.61 Å². The van der Waals surface area contributed by atoms with Crippen LogP contribution in [0.2, 0.25) is 0 Å². The molecule has 0 saturated carbocycles. The van der Waals surface area contributed by atoms with Crippen molar-refractivity contribution in [1.29, 1.82) is 0 Å². The van der Waals surface area contributed by atoms with E-state index in [4.69, 9.17) is 9.72 Å². The van der Waals surface area contributed by atoms with Gasteiger partial charge in [0.25, 0.3) is 0 Å². The lowest BCUT2D eigenvalue weighted by atomic mass is 10.1. The van der Waals surface area contributed by atoms with Gasteiger partial charge in [-0.25, -0.2) is 4.98 Å². The Balaban J connectivity index is 2.00. The van der Waals surface area contributed by atoms with E-state index in [-0.39, 0.29) is 5.54 Å². The molecule has 0 unspecified atom stereocenters. The van der Waals surface area contributed by atoms with Crippen LogP contribution < -0.4 is 10.1 Å². The Morgan fingerprint density at radius 1 is 1.19 bits per heavy atom. The molecule has 1 aromatic heterocycles. The molecule has 1 heterocycles. The third kappa shape index (κ3) is 5.14. The van der Waals surface area contributed by atoms with Gasteiger partial charge in [-0.3, -0.25) is 0 Å². The van der Waals surface area contributed by atoms with Gasteiger partial charge in [0.05, 0.1) is 12.3 Å². The average Bonchev–Trinajstić information content (AvgIpc) is 2.92. The first-order chi connectivity index (χ1) is 9.98. The third-order valence-corrected chi connectivity index (χ3v) is 3.79. The molecule has 0 aliphatic rings. The third-order valence-electron chi connectivity index (χ3n) is 2.94. The summed E-state index contributed by atoms with van der Waals surface area (Å²) >= 11 is 1.70. The number of ether oxygens (including phenoxy) is 1. The summed E-state index contributed by atoms with van der Waals surface area (Å²) in [7, 11) is 0. The Morgan fingerprint density at radius 3 is 2.52 bits per heavy atom. The summed E-state index contributed by atoms with van der Waals surface area (Å²) in [6, 6.07) is 8.16. The molecule has 4 heteroatoms. The molecule has 0 fully saturated rings. The standard InChI is InChI=1S/C17H24N2OS/c1-5-10-20-14-8-6-13(7-9-14)15-12-21-16(19-15)11-18-17(2,3)4/h6-9,12,18H,5,10-11H2,1-4H3. The number of nitrogens with zero attached hydrogens (tertiary/aromatic N) is 1. The van der Waals surface area contributed by atoms with Crippen LogP contribution in [0.25, 0.3) is 11.3 Å². The number of aromatic nitrogens is 1. The number of thiazole rings is 1. The summed E-state index contributed by atoms with van der Waals surface area (Å²) in [6.45, 7) is 10.2. The molecule has 1 N–H and O–H groups in total. The minimum atomic E-state index is 0.115. The summed E-state index contributed by atoms with van der Waals surface area (Å²) in [5, 5.41) is 6.69. The lowest BCUT2D eigenvalue weighted by molar-refractivity contribution is 0.317. The Kier molecular flexibility index (Phi) is 5.37. The van der Waals surface area contributed by atoms with Crippen LogP contribution in [0.4, 0.5) is 0 Å². The van der Waals surface area contributed by atoms with Gasteiger partial charge in [-0.15, -0.1) is 11.3 Å². The number of benzene rings is 1. The first-order valence-corrected chi connectivity index (χ1v) is 8.28. The minimum Gasteiger partial charge on any atom is -0.494 e. The van der Waals surface area contributed by atoms with Crippen molar-refractivity contribution in [2.45, 2.75) is 46.2 Å². The largest absolute Gasteiger partial charge is 0.494 e. The summed E-state index contributed by atoms with van der Waals surface area (Å²) in [5.41, 5.74) is 2.29. The van der Waals surface area contributed by atoms with Crippen molar-refractivity contribution < 1.29 is 4.74 Å². The highest BCUT2D eigenvalue weighted by molar-refractivity contribution is 7.09. The predicted molar refractivity (Wildman–Crippen MR) is 89.9 cm³/mol. The zero-order valence-corrected chi connectivity index (χ0v) is 14.1. The van der Waals surface area contributed by atoms with E-state index in [1.54, 1.807) is 11.3 Å². The first-order valence-electron chi connectivity index (χ1n) is 7.40. The maximum atomic E-state index is 5.60. The maximum Gasteiger partial charge on any atom is 0.119 e. The molecular formula is C17H24N2OS. The van der Waals surface area contributed by atoms with Crippen molar-refractivity contribution >= 4 is 11.3 Å². The van der Waals surface area contributed by atoms with Gasteiger partial charge in [-0.1, -0.05) is 6.92 Å². The van der Waals surface area contributed by atoms with Crippen LogP contribution in [0.5, 0.6) is 5.75 Å². The molecule has 21 heavy (non-hydrogen) atoms. The zero-order valence-electron chi connectivity index (χ0n) is 13.3. The second-order valence-electron chi connectivity index (χ2n) is 6.10. The van der Waals surface area contributed by atoms with E-state index in [2.05, 4.69) is 50.5 Å². The van der Waals surface area contributed by atoms with Crippen LogP contribution in [0, 0.1) is 0 Å². The van der Waals surface area contributed by atoms with Crippen molar-refractivity contribution in [3.8, 4) is 17.0 Å². The first kappa shape index (κ1) is 16.0. The van der Waals surface area contributed by atoms with Crippen LogP contribution in [0.15, 0.2) is 29.6 Å². The van der Waals surface area contributed by atoms with Crippen LogP contribution in [0.3, 0.4) is 0 Å². The number of hydrogen-bond donors (Lipinski definition) is 1. The highest BCUT2D eigenvalue weighted by atomic mass is 32.1. The fraction of sp³-hybridized carbons (Fsp3) is 0.471. The van der Waals surface area contributed by atoms with Crippen LogP contribution in [0.1, 0.15) is 39.1 Å². The van der Waals surface area contributed by atoms with Crippen molar-refractivity contribution in [3.63, 3.8) is 0 Å². The molecule has 1 aromatic carbocycles. The van der Waals surface area contributed by atoms with Crippen LogP contribution >= 0.6 is 11.3 Å². The molecule has 0 radical (unpaired) electrons. The summed E-state index contributed by atoms with van der Waals surface area (Å²) in [4.78, 5) is 4.69. The van der Waals surface area contributed by atoms with Crippen LogP contribution in [-0.2, 0) is 6.54 Å². The second-order valence-corrected chi connectivity index (χ2v) is 7.05. The highest BCUT2D eigenvalue weighted by Crippen LogP contribution is 2.24. The molecule has 0 bridgehead atoms. The Bertz CT molecular complexity index is 555. The van der Waals surface area contributed by atoms with E-state index in [0.717, 1.165) is 41.6 Å². The van der Waals surface area contributed by atoms with Gasteiger partial charge in [0.15, 0.2) is 0 Å². The van der Waals surface area contributed by atoms with Gasteiger partial charge in [-0.05, 0) is 51.5 Å². The van der Waals surface area contributed by atoms with Crippen molar-refractivity contribution in [1.82, 2.24) is 10.3 Å². The van der Waals surface area contributed by atoms with Crippen molar-refractivity contribution in [2.24, 2.45) is 0 Å². The topological polar surface area (TPSA) is 34.1 Å². The van der Waals surface area contributed by atoms with Crippen molar-refractivity contribution in [3.05, 3.63) is 34.7 Å². The lowest BCUT2D eigenvalue weighted by Gasteiger charge is -2.19. The molecule has 2 aromatic rings. The zero-order chi connectivity index (χ0) is 15.3. The van der Waals surface area contributed by atoms with E-state index in [1.165, 1.54) is 0 Å². The molecule has 0 saturated heterocycles. The van der Waals surface area contributed by atoms with E-state index in [1.807, 2.05) is 12.1 Å². The highest BCUT2D eigenvalue weighted by Gasteiger charge is 2.11. The second kappa shape index (κ2) is 7.05. The minimum absolute atomic E-state index is 0.115. The van der Waals surface area contributed by atoms with Gasteiger partial charge in [0, 0.05) is 23.0 Å². The quantitative estimate of drug-likeness (QED) is 0.854. The van der Waals surface area contributed by atoms with E-state index in [0.29, 0.717) is 0 Å². The molecule has 3 nitrogen and oxygen atoms in total. The lowest BCUT2D eigenvalue weighted by Crippen LogP contribution is -2.34. The fourth-order valence-electron chi connectivity index (χ4n) is 1.81. The molecule has 0 aliphatic carbocycles. The van der Waals surface area contributed by atoms with Gasteiger partial charge in [0.1, 0.15) is 10.8 Å². The van der Waals surface area contributed by atoms with E-state index < -0.39 is 0 Å². The molecule has 114 valence electrons. The Morgan fingerprint density at radius 2 is 1.90 bits per heavy atom. The summed E-state index contributed by atoms with van der Waals surface area (Å²) < 4.78 is 5.60. The molecule has 0 aliphatic heterocycles. The van der Waals surface area contributed by atoms with Crippen LogP contribution in [-0.4, -0.2) is 17.1 Å². The molecule has 0 spiro atoms. The van der Waals surface area contributed by atoms with Gasteiger partial charge < -0.3 is 10.1 Å². The Labute approximate surface area is 131 Å². The van der Waals surface area contributed by atoms with Gasteiger partial charge in [0.2, 0.25) is 0 Å². The predicted octanol–water partition coefficient (Wildman–Crippen LogP) is 4.49.